The van der Waals surface area contributed by atoms with E-state index in [9.17, 15) is 9.59 Å². The molecule has 122 valence electrons. The van der Waals surface area contributed by atoms with Crippen molar-refractivity contribution in [3.63, 3.8) is 0 Å². The highest BCUT2D eigenvalue weighted by Crippen LogP contribution is 2.22. The van der Waals surface area contributed by atoms with Crippen LogP contribution < -0.4 is 0 Å². The summed E-state index contributed by atoms with van der Waals surface area (Å²) in [6.45, 7) is 3.86. The van der Waals surface area contributed by atoms with Crippen molar-refractivity contribution in [2.45, 2.75) is 26.7 Å². The van der Waals surface area contributed by atoms with E-state index >= 15 is 0 Å². The standard InChI is InChI=1S/C17H20N2O3S/c1-3-9-19(11-15(20)21)17(22)16-12(2)18-14(23-16)10-13-7-5-4-6-8-13/h4-8H,3,9-11H2,1-2H3,(H,20,21). The number of rotatable bonds is 7. The number of aryl methyl sites for hydroxylation is 1. The molecule has 0 spiro atoms. The van der Waals surface area contributed by atoms with Crippen molar-refractivity contribution >= 4 is 23.2 Å². The van der Waals surface area contributed by atoms with Crippen LogP contribution in [0.3, 0.4) is 0 Å². The smallest absolute Gasteiger partial charge is 0.323 e. The molecule has 6 heteroatoms. The van der Waals surface area contributed by atoms with Gasteiger partial charge in [-0.3, -0.25) is 9.59 Å². The molecule has 1 N–H and O–H groups in total. The Balaban J connectivity index is 2.18. The number of aromatic nitrogens is 1. The Labute approximate surface area is 139 Å². The van der Waals surface area contributed by atoms with Crippen LogP contribution in [0, 0.1) is 6.92 Å². The quantitative estimate of drug-likeness (QED) is 0.846. The lowest BCUT2D eigenvalue weighted by Gasteiger charge is -2.19. The van der Waals surface area contributed by atoms with E-state index in [0.717, 1.165) is 10.6 Å². The van der Waals surface area contributed by atoms with Crippen molar-refractivity contribution in [1.29, 1.82) is 0 Å². The number of carbonyl (C=O) groups is 2. The molecule has 1 aromatic carbocycles. The molecule has 1 heterocycles. The van der Waals surface area contributed by atoms with Crippen LogP contribution in [0.1, 0.15) is 39.3 Å². The third kappa shape index (κ3) is 4.63. The molecule has 0 aliphatic rings. The summed E-state index contributed by atoms with van der Waals surface area (Å²) in [7, 11) is 0. The van der Waals surface area contributed by atoms with Gasteiger partial charge < -0.3 is 10.0 Å². The van der Waals surface area contributed by atoms with Crippen LogP contribution in [0.5, 0.6) is 0 Å². The molecule has 2 aromatic rings. The lowest BCUT2D eigenvalue weighted by atomic mass is 10.2. The molecule has 0 bridgehead atoms. The fourth-order valence-electron chi connectivity index (χ4n) is 2.33. The average Bonchev–Trinajstić information content (AvgIpc) is 2.87. The van der Waals surface area contributed by atoms with Gasteiger partial charge in [-0.1, -0.05) is 37.3 Å². The van der Waals surface area contributed by atoms with Crippen LogP contribution in [0.25, 0.3) is 0 Å². The summed E-state index contributed by atoms with van der Waals surface area (Å²) in [5.41, 5.74) is 1.80. The number of carboxylic acids is 1. The number of carboxylic acid groups (broad SMARTS) is 1. The van der Waals surface area contributed by atoms with Crippen LogP contribution in [0.2, 0.25) is 0 Å². The Morgan fingerprint density at radius 1 is 1.26 bits per heavy atom. The Bertz CT molecular complexity index is 682. The number of hydrogen-bond acceptors (Lipinski definition) is 4. The summed E-state index contributed by atoms with van der Waals surface area (Å²) in [5, 5.41) is 9.83. The predicted molar refractivity (Wildman–Crippen MR) is 89.9 cm³/mol. The molecule has 23 heavy (non-hydrogen) atoms. The van der Waals surface area contributed by atoms with E-state index in [-0.39, 0.29) is 12.5 Å². The first-order chi connectivity index (χ1) is 11.0. The van der Waals surface area contributed by atoms with Gasteiger partial charge in [-0.05, 0) is 18.9 Å². The Kier molecular flexibility index (Phi) is 5.87. The van der Waals surface area contributed by atoms with Crippen LogP contribution >= 0.6 is 11.3 Å². The van der Waals surface area contributed by atoms with Gasteiger partial charge in [-0.25, -0.2) is 4.98 Å². The number of nitrogens with zero attached hydrogens (tertiary/aromatic N) is 2. The molecule has 0 fully saturated rings. The van der Waals surface area contributed by atoms with Crippen molar-refractivity contribution in [1.82, 2.24) is 9.88 Å². The molecule has 2 rings (SSSR count). The summed E-state index contributed by atoms with van der Waals surface area (Å²) in [6.07, 6.45) is 1.39. The van der Waals surface area contributed by atoms with Crippen LogP contribution in [-0.2, 0) is 11.2 Å². The fourth-order valence-corrected chi connectivity index (χ4v) is 3.39. The van der Waals surface area contributed by atoms with Crippen LogP contribution in [0.15, 0.2) is 30.3 Å². The van der Waals surface area contributed by atoms with Gasteiger partial charge in [0, 0.05) is 13.0 Å². The number of carbonyl (C=O) groups excluding carboxylic acids is 1. The van der Waals surface area contributed by atoms with E-state index in [1.54, 1.807) is 6.92 Å². The number of thiazole rings is 1. The van der Waals surface area contributed by atoms with Crippen molar-refractivity contribution in [2.75, 3.05) is 13.1 Å². The van der Waals surface area contributed by atoms with E-state index in [4.69, 9.17) is 5.11 Å². The minimum atomic E-state index is -1.00. The Hall–Kier alpha value is -2.21. The maximum Gasteiger partial charge on any atom is 0.323 e. The van der Waals surface area contributed by atoms with Crippen molar-refractivity contribution < 1.29 is 14.7 Å². The highest BCUT2D eigenvalue weighted by atomic mass is 32.1. The first-order valence-electron chi connectivity index (χ1n) is 7.52. The van der Waals surface area contributed by atoms with Gasteiger partial charge in [0.2, 0.25) is 0 Å². The first kappa shape index (κ1) is 17.1. The monoisotopic (exact) mass is 332 g/mol. The zero-order chi connectivity index (χ0) is 16.8. The lowest BCUT2D eigenvalue weighted by Crippen LogP contribution is -2.36. The number of hydrogen-bond donors (Lipinski definition) is 1. The van der Waals surface area contributed by atoms with Crippen LogP contribution in [-0.4, -0.2) is 40.0 Å². The van der Waals surface area contributed by atoms with Crippen molar-refractivity contribution in [3.8, 4) is 0 Å². The van der Waals surface area contributed by atoms with Crippen LogP contribution in [0.4, 0.5) is 0 Å². The minimum Gasteiger partial charge on any atom is -0.480 e. The van der Waals surface area contributed by atoms with E-state index in [0.29, 0.717) is 30.0 Å². The zero-order valence-electron chi connectivity index (χ0n) is 13.3. The second kappa shape index (κ2) is 7.87. The minimum absolute atomic E-state index is 0.247. The number of amides is 1. The largest absolute Gasteiger partial charge is 0.480 e. The molecule has 0 saturated carbocycles. The lowest BCUT2D eigenvalue weighted by molar-refractivity contribution is -0.137. The summed E-state index contributed by atoms with van der Waals surface area (Å²) >= 11 is 1.35. The maximum atomic E-state index is 12.6. The van der Waals surface area contributed by atoms with E-state index in [1.807, 2.05) is 37.3 Å². The summed E-state index contributed by atoms with van der Waals surface area (Å²) in [6, 6.07) is 9.94. The zero-order valence-corrected chi connectivity index (χ0v) is 14.1. The van der Waals surface area contributed by atoms with Gasteiger partial charge in [0.1, 0.15) is 11.4 Å². The molecule has 0 saturated heterocycles. The number of aliphatic carboxylic acids is 1. The molecule has 1 aromatic heterocycles. The maximum absolute atomic E-state index is 12.6. The second-order valence-corrected chi connectivity index (χ2v) is 6.39. The highest BCUT2D eigenvalue weighted by molar-refractivity contribution is 7.13. The van der Waals surface area contributed by atoms with Gasteiger partial charge in [0.25, 0.3) is 5.91 Å². The summed E-state index contributed by atoms with van der Waals surface area (Å²) in [4.78, 5) is 29.9. The topological polar surface area (TPSA) is 70.5 Å². The van der Waals surface area contributed by atoms with Gasteiger partial charge in [-0.2, -0.15) is 0 Å². The van der Waals surface area contributed by atoms with Gasteiger partial charge in [-0.15, -0.1) is 11.3 Å². The van der Waals surface area contributed by atoms with Crippen molar-refractivity contribution in [2.24, 2.45) is 0 Å². The number of benzene rings is 1. The Morgan fingerprint density at radius 2 is 1.96 bits per heavy atom. The highest BCUT2D eigenvalue weighted by Gasteiger charge is 2.22. The molecule has 0 aliphatic carbocycles. The first-order valence-corrected chi connectivity index (χ1v) is 8.34. The van der Waals surface area contributed by atoms with Gasteiger partial charge in [0.15, 0.2) is 0 Å². The second-order valence-electron chi connectivity index (χ2n) is 5.30. The van der Waals surface area contributed by atoms with E-state index in [2.05, 4.69) is 4.98 Å². The third-order valence-electron chi connectivity index (χ3n) is 3.34. The third-order valence-corrected chi connectivity index (χ3v) is 4.49. The molecule has 1 amide bonds. The Morgan fingerprint density at radius 3 is 2.57 bits per heavy atom. The van der Waals surface area contributed by atoms with E-state index < -0.39 is 5.97 Å². The molecule has 0 aliphatic heterocycles. The molecule has 0 atom stereocenters. The van der Waals surface area contributed by atoms with E-state index in [1.165, 1.54) is 16.2 Å². The molecule has 5 nitrogen and oxygen atoms in total. The van der Waals surface area contributed by atoms with Gasteiger partial charge in [0.05, 0.1) is 10.7 Å². The molecule has 0 radical (unpaired) electrons. The normalized spacial score (nSPS) is 10.5. The fraction of sp³-hybridized carbons (Fsp3) is 0.353. The molecular formula is C17H20N2O3S. The summed E-state index contributed by atoms with van der Waals surface area (Å²) < 4.78 is 0. The molecular weight excluding hydrogens is 312 g/mol. The van der Waals surface area contributed by atoms with Crippen molar-refractivity contribution in [3.05, 3.63) is 51.5 Å². The SMILES string of the molecule is CCCN(CC(=O)O)C(=O)c1sc(Cc2ccccc2)nc1C. The predicted octanol–water partition coefficient (Wildman–Crippen LogP) is 2.98. The summed E-state index contributed by atoms with van der Waals surface area (Å²) in [5.74, 6) is -1.25. The molecule has 0 unspecified atom stereocenters. The average molecular weight is 332 g/mol. The van der Waals surface area contributed by atoms with Gasteiger partial charge >= 0.3 is 5.97 Å².